The average Bonchev–Trinajstić information content (AvgIpc) is 2.80. The van der Waals surface area contributed by atoms with Crippen molar-refractivity contribution in [2.75, 3.05) is 0 Å². The summed E-state index contributed by atoms with van der Waals surface area (Å²) in [7, 11) is 0. The molecule has 22 heavy (non-hydrogen) atoms. The van der Waals surface area contributed by atoms with Gasteiger partial charge in [0.1, 0.15) is 11.0 Å². The summed E-state index contributed by atoms with van der Waals surface area (Å²) >= 11 is 0.986. The molecule has 1 aliphatic rings. The van der Waals surface area contributed by atoms with Crippen molar-refractivity contribution >= 4 is 35.0 Å². The summed E-state index contributed by atoms with van der Waals surface area (Å²) in [6, 6.07) is 4.55. The number of aliphatic hydroxyl groups excluding tert-OH is 1. The van der Waals surface area contributed by atoms with Gasteiger partial charge in [0.05, 0.1) is 19.2 Å². The van der Waals surface area contributed by atoms with Crippen molar-refractivity contribution in [1.29, 1.82) is 0 Å². The first kappa shape index (κ1) is 16.0. The van der Waals surface area contributed by atoms with Crippen molar-refractivity contribution in [3.8, 4) is 5.75 Å². The van der Waals surface area contributed by atoms with Crippen LogP contribution in [0.4, 0.5) is 0 Å². The summed E-state index contributed by atoms with van der Waals surface area (Å²) in [6.07, 6.45) is 0.983. The number of aromatic hydroxyl groups is 1. The topological polar surface area (TPSA) is 132 Å². The standard InChI is InChI=1S/C13H13N3O5S/c17-6-7-1-2-9(18)8(3-7)5-14-16-13-15-12(21)10(22-13)4-11(19)20/h1-3,5,10,17-18H,4,6H2,(H,19,20)(H,15,16,21). The van der Waals surface area contributed by atoms with Gasteiger partial charge >= 0.3 is 5.97 Å². The largest absolute Gasteiger partial charge is 0.507 e. The maximum Gasteiger partial charge on any atom is 0.305 e. The Labute approximate surface area is 129 Å². The van der Waals surface area contributed by atoms with Crippen LogP contribution in [-0.4, -0.2) is 43.8 Å². The zero-order valence-corrected chi connectivity index (χ0v) is 12.1. The Hall–Kier alpha value is -2.39. The molecule has 9 heteroatoms. The maximum absolute atomic E-state index is 11.5. The molecule has 0 saturated carbocycles. The molecule has 1 aliphatic heterocycles. The number of phenolic OH excluding ortho intramolecular Hbond substituents is 1. The van der Waals surface area contributed by atoms with Crippen LogP contribution in [0.2, 0.25) is 0 Å². The molecule has 1 aromatic rings. The lowest BCUT2D eigenvalue weighted by atomic mass is 10.1. The SMILES string of the molecule is O=C(O)CC1SC(=NN=Cc2cc(CO)ccc2O)NC1=O. The van der Waals surface area contributed by atoms with Gasteiger partial charge in [0.25, 0.3) is 0 Å². The molecule has 1 atom stereocenters. The molecule has 2 rings (SSSR count). The molecule has 1 heterocycles. The normalized spacial score (nSPS) is 19.8. The minimum absolute atomic E-state index is 0.0204. The number of carboxylic acids is 1. The fraction of sp³-hybridized carbons (Fsp3) is 0.231. The molecule has 8 nitrogen and oxygen atoms in total. The van der Waals surface area contributed by atoms with E-state index in [1.165, 1.54) is 12.3 Å². The maximum atomic E-state index is 11.5. The Morgan fingerprint density at radius 2 is 2.23 bits per heavy atom. The highest BCUT2D eigenvalue weighted by atomic mass is 32.2. The first-order valence-electron chi connectivity index (χ1n) is 6.22. The smallest absolute Gasteiger partial charge is 0.305 e. The summed E-state index contributed by atoms with van der Waals surface area (Å²) in [5.74, 6) is -1.51. The third kappa shape index (κ3) is 4.06. The highest BCUT2D eigenvalue weighted by Gasteiger charge is 2.32. The molecular weight excluding hydrogens is 310 g/mol. The van der Waals surface area contributed by atoms with Gasteiger partial charge in [-0.2, -0.15) is 5.10 Å². The van der Waals surface area contributed by atoms with Gasteiger partial charge in [0.2, 0.25) is 5.91 Å². The molecule has 0 aromatic heterocycles. The number of phenols is 1. The van der Waals surface area contributed by atoms with E-state index in [1.807, 2.05) is 0 Å². The molecule has 1 fully saturated rings. The van der Waals surface area contributed by atoms with Gasteiger partial charge in [-0.1, -0.05) is 17.8 Å². The number of carboxylic acid groups (broad SMARTS) is 1. The highest BCUT2D eigenvalue weighted by Crippen LogP contribution is 2.22. The van der Waals surface area contributed by atoms with Gasteiger partial charge in [0.15, 0.2) is 5.17 Å². The quantitative estimate of drug-likeness (QED) is 0.454. The Kier molecular flexibility index (Phi) is 5.12. The van der Waals surface area contributed by atoms with Crippen molar-refractivity contribution in [3.05, 3.63) is 29.3 Å². The predicted molar refractivity (Wildman–Crippen MR) is 80.8 cm³/mol. The number of hydrogen-bond acceptors (Lipinski definition) is 7. The van der Waals surface area contributed by atoms with E-state index in [9.17, 15) is 14.7 Å². The summed E-state index contributed by atoms with van der Waals surface area (Å²) in [5.41, 5.74) is 0.976. The number of amidine groups is 1. The third-order valence-corrected chi connectivity index (χ3v) is 3.83. The summed E-state index contributed by atoms with van der Waals surface area (Å²) in [4.78, 5) is 22.1. The van der Waals surface area contributed by atoms with Crippen molar-refractivity contribution in [2.45, 2.75) is 18.3 Å². The van der Waals surface area contributed by atoms with Crippen LogP contribution in [0.1, 0.15) is 17.5 Å². The first-order chi connectivity index (χ1) is 10.5. The number of nitrogens with one attached hydrogen (secondary N) is 1. The van der Waals surface area contributed by atoms with Crippen LogP contribution in [0.5, 0.6) is 5.75 Å². The van der Waals surface area contributed by atoms with E-state index in [0.29, 0.717) is 11.1 Å². The van der Waals surface area contributed by atoms with Gasteiger partial charge in [-0.3, -0.25) is 9.59 Å². The molecule has 1 aromatic carbocycles. The van der Waals surface area contributed by atoms with Gasteiger partial charge in [-0.15, -0.1) is 5.10 Å². The molecule has 1 unspecified atom stereocenters. The van der Waals surface area contributed by atoms with E-state index >= 15 is 0 Å². The molecule has 0 spiro atoms. The van der Waals surface area contributed by atoms with E-state index in [-0.39, 0.29) is 23.9 Å². The number of carbonyl (C=O) groups is 2. The Morgan fingerprint density at radius 3 is 2.91 bits per heavy atom. The Balaban J connectivity index is 2.06. The molecule has 1 saturated heterocycles. The second-order valence-corrected chi connectivity index (χ2v) is 5.59. The number of aliphatic carboxylic acids is 1. The van der Waals surface area contributed by atoms with Crippen LogP contribution < -0.4 is 5.32 Å². The van der Waals surface area contributed by atoms with Crippen molar-refractivity contribution < 1.29 is 24.9 Å². The van der Waals surface area contributed by atoms with Crippen molar-refractivity contribution in [3.63, 3.8) is 0 Å². The minimum atomic E-state index is -1.07. The van der Waals surface area contributed by atoms with E-state index in [2.05, 4.69) is 15.5 Å². The van der Waals surface area contributed by atoms with Crippen LogP contribution >= 0.6 is 11.8 Å². The van der Waals surface area contributed by atoms with E-state index in [0.717, 1.165) is 11.8 Å². The van der Waals surface area contributed by atoms with Crippen molar-refractivity contribution in [1.82, 2.24) is 5.32 Å². The second-order valence-electron chi connectivity index (χ2n) is 4.39. The lowest BCUT2D eigenvalue weighted by Crippen LogP contribution is -2.26. The summed E-state index contributed by atoms with van der Waals surface area (Å²) < 4.78 is 0. The van der Waals surface area contributed by atoms with E-state index in [1.54, 1.807) is 12.1 Å². The Bertz CT molecular complexity index is 659. The Morgan fingerprint density at radius 1 is 1.45 bits per heavy atom. The number of hydrogen-bond donors (Lipinski definition) is 4. The monoisotopic (exact) mass is 323 g/mol. The van der Waals surface area contributed by atoms with Crippen LogP contribution in [0, 0.1) is 0 Å². The third-order valence-electron chi connectivity index (χ3n) is 2.76. The molecule has 116 valence electrons. The summed E-state index contributed by atoms with van der Waals surface area (Å²) in [5, 5.41) is 36.8. The zero-order chi connectivity index (χ0) is 16.1. The van der Waals surface area contributed by atoms with Gasteiger partial charge in [0, 0.05) is 5.56 Å². The zero-order valence-electron chi connectivity index (χ0n) is 11.3. The number of carbonyl (C=O) groups excluding carboxylic acids is 1. The number of thioether (sulfide) groups is 1. The lowest BCUT2D eigenvalue weighted by molar-refractivity contribution is -0.138. The molecule has 4 N–H and O–H groups in total. The van der Waals surface area contributed by atoms with Crippen LogP contribution in [0.25, 0.3) is 0 Å². The van der Waals surface area contributed by atoms with Crippen LogP contribution in [0.15, 0.2) is 28.4 Å². The molecule has 0 radical (unpaired) electrons. The lowest BCUT2D eigenvalue weighted by Gasteiger charge is -2.00. The fourth-order valence-corrected chi connectivity index (χ4v) is 2.61. The number of nitrogens with zero attached hydrogens (tertiary/aromatic N) is 2. The van der Waals surface area contributed by atoms with Gasteiger partial charge < -0.3 is 20.6 Å². The van der Waals surface area contributed by atoms with Crippen molar-refractivity contribution in [2.24, 2.45) is 10.2 Å². The number of amides is 1. The van der Waals surface area contributed by atoms with Crippen LogP contribution in [-0.2, 0) is 16.2 Å². The predicted octanol–water partition coefficient (Wildman–Crippen LogP) is 0.281. The van der Waals surface area contributed by atoms with E-state index in [4.69, 9.17) is 10.2 Å². The van der Waals surface area contributed by atoms with Gasteiger partial charge in [-0.25, -0.2) is 0 Å². The van der Waals surface area contributed by atoms with Crippen LogP contribution in [0.3, 0.4) is 0 Å². The second kappa shape index (κ2) is 7.05. The average molecular weight is 323 g/mol. The molecule has 0 aliphatic carbocycles. The van der Waals surface area contributed by atoms with E-state index < -0.39 is 17.1 Å². The van der Waals surface area contributed by atoms with Gasteiger partial charge in [-0.05, 0) is 17.7 Å². The molecular formula is C13H13N3O5S. The number of aliphatic hydroxyl groups is 1. The first-order valence-corrected chi connectivity index (χ1v) is 7.10. The molecule has 1 amide bonds. The highest BCUT2D eigenvalue weighted by molar-refractivity contribution is 8.15. The fourth-order valence-electron chi connectivity index (χ4n) is 1.69. The minimum Gasteiger partial charge on any atom is -0.507 e. The summed E-state index contributed by atoms with van der Waals surface area (Å²) in [6.45, 7) is -0.168. The number of rotatable bonds is 5. The molecule has 0 bridgehead atoms. The number of benzene rings is 1.